The maximum absolute atomic E-state index is 11.4. The third-order valence-electron chi connectivity index (χ3n) is 6.40. The summed E-state index contributed by atoms with van der Waals surface area (Å²) in [5, 5.41) is 13.3. The molecule has 0 saturated heterocycles. The lowest BCUT2D eigenvalue weighted by Crippen LogP contribution is -2.18. The highest BCUT2D eigenvalue weighted by Gasteiger charge is 2.17. The zero-order valence-electron chi connectivity index (χ0n) is 20.3. The third kappa shape index (κ3) is 4.40. The monoisotopic (exact) mass is 487 g/mol. The molecule has 0 aliphatic carbocycles. The number of nitrogen functional groups attached to an aromatic ring is 1. The van der Waals surface area contributed by atoms with E-state index in [9.17, 15) is 4.79 Å². The first-order valence-corrected chi connectivity index (χ1v) is 12.0. The van der Waals surface area contributed by atoms with Crippen molar-refractivity contribution < 1.29 is 4.79 Å². The summed E-state index contributed by atoms with van der Waals surface area (Å²) in [6.07, 6.45) is 3.53. The van der Waals surface area contributed by atoms with Gasteiger partial charge in [0.05, 0.1) is 17.8 Å². The fourth-order valence-electron chi connectivity index (χ4n) is 4.65. The molecule has 3 heterocycles. The van der Waals surface area contributed by atoms with Gasteiger partial charge in [-0.3, -0.25) is 9.48 Å². The van der Waals surface area contributed by atoms with Crippen molar-refractivity contribution in [1.82, 2.24) is 29.7 Å². The fraction of sp³-hybridized carbons (Fsp3) is 0.103. The van der Waals surface area contributed by atoms with E-state index in [1.807, 2.05) is 51.7 Å². The molecule has 1 amide bonds. The Bertz CT molecular complexity index is 1750. The molecule has 0 aliphatic rings. The number of anilines is 1. The summed E-state index contributed by atoms with van der Waals surface area (Å²) < 4.78 is 3.79. The standard InChI is InChI=1S/C29H25N7O/c1-19(37)31-15-21-8-5-9-23(12-21)27-14-25(28-29(30)32-18-33-36(27)28)22-10-11-24-17-35(34-26(24)13-22)16-20-6-3-2-4-7-20/h2-14,17-18H,15-16H2,1H3,(H,31,37)(H2,30,32,33). The number of benzene rings is 3. The Morgan fingerprint density at radius 3 is 2.62 bits per heavy atom. The number of rotatable bonds is 6. The van der Waals surface area contributed by atoms with E-state index >= 15 is 0 Å². The first-order chi connectivity index (χ1) is 18.0. The lowest BCUT2D eigenvalue weighted by Gasteiger charge is -2.06. The van der Waals surface area contributed by atoms with Crippen LogP contribution in [0.3, 0.4) is 0 Å². The van der Waals surface area contributed by atoms with E-state index in [4.69, 9.17) is 10.8 Å². The molecule has 0 fully saturated rings. The predicted octanol–water partition coefficient (Wildman–Crippen LogP) is 4.68. The number of fused-ring (bicyclic) bond motifs is 2. The van der Waals surface area contributed by atoms with Crippen molar-refractivity contribution in [2.24, 2.45) is 0 Å². The van der Waals surface area contributed by atoms with Gasteiger partial charge >= 0.3 is 0 Å². The number of hydrogen-bond donors (Lipinski definition) is 2. The summed E-state index contributed by atoms with van der Waals surface area (Å²) in [5.41, 5.74) is 14.0. The Morgan fingerprint density at radius 2 is 1.78 bits per heavy atom. The number of carbonyl (C=O) groups is 1. The van der Waals surface area contributed by atoms with Gasteiger partial charge in [0, 0.05) is 36.2 Å². The summed E-state index contributed by atoms with van der Waals surface area (Å²) in [7, 11) is 0. The molecule has 6 rings (SSSR count). The van der Waals surface area contributed by atoms with Gasteiger partial charge in [-0.15, -0.1) is 0 Å². The maximum Gasteiger partial charge on any atom is 0.217 e. The van der Waals surface area contributed by atoms with Gasteiger partial charge in [-0.25, -0.2) is 9.50 Å². The third-order valence-corrected chi connectivity index (χ3v) is 6.40. The van der Waals surface area contributed by atoms with Gasteiger partial charge in [-0.05, 0) is 34.9 Å². The quantitative estimate of drug-likeness (QED) is 0.355. The van der Waals surface area contributed by atoms with Crippen molar-refractivity contribution in [3.05, 3.63) is 103 Å². The van der Waals surface area contributed by atoms with Gasteiger partial charge in [-0.2, -0.15) is 10.2 Å². The van der Waals surface area contributed by atoms with Crippen molar-refractivity contribution in [3.8, 4) is 22.4 Å². The zero-order valence-corrected chi connectivity index (χ0v) is 20.3. The summed E-state index contributed by atoms with van der Waals surface area (Å²) in [4.78, 5) is 15.6. The summed E-state index contributed by atoms with van der Waals surface area (Å²) >= 11 is 0. The van der Waals surface area contributed by atoms with Gasteiger partial charge in [0.15, 0.2) is 5.82 Å². The van der Waals surface area contributed by atoms with E-state index in [0.29, 0.717) is 18.9 Å². The van der Waals surface area contributed by atoms with Crippen LogP contribution in [-0.2, 0) is 17.9 Å². The average molecular weight is 488 g/mol. The van der Waals surface area contributed by atoms with Gasteiger partial charge in [-0.1, -0.05) is 60.7 Å². The largest absolute Gasteiger partial charge is 0.382 e. The van der Waals surface area contributed by atoms with Crippen molar-refractivity contribution in [1.29, 1.82) is 0 Å². The molecular formula is C29H25N7O. The number of hydrogen-bond acceptors (Lipinski definition) is 5. The van der Waals surface area contributed by atoms with Crippen molar-refractivity contribution >= 4 is 28.1 Å². The second-order valence-electron chi connectivity index (χ2n) is 9.04. The molecule has 0 saturated carbocycles. The Balaban J connectivity index is 1.42. The number of nitrogens with two attached hydrogens (primary N) is 1. The number of nitrogens with one attached hydrogen (secondary N) is 1. The molecule has 3 N–H and O–H groups in total. The molecule has 8 nitrogen and oxygen atoms in total. The lowest BCUT2D eigenvalue weighted by atomic mass is 10.0. The van der Waals surface area contributed by atoms with E-state index in [-0.39, 0.29) is 5.91 Å². The first kappa shape index (κ1) is 22.5. The Labute approximate surface area is 213 Å². The minimum atomic E-state index is -0.0667. The highest BCUT2D eigenvalue weighted by Crippen LogP contribution is 2.36. The summed E-state index contributed by atoms with van der Waals surface area (Å²) in [6.45, 7) is 2.68. The molecule has 37 heavy (non-hydrogen) atoms. The molecule has 0 unspecified atom stereocenters. The Kier molecular flexibility index (Phi) is 5.61. The number of carbonyl (C=O) groups excluding carboxylic acids is 1. The number of amides is 1. The second kappa shape index (κ2) is 9.23. The smallest absolute Gasteiger partial charge is 0.217 e. The van der Waals surface area contributed by atoms with Crippen LogP contribution in [0.2, 0.25) is 0 Å². The van der Waals surface area contributed by atoms with Crippen LogP contribution in [-0.4, -0.2) is 30.3 Å². The highest BCUT2D eigenvalue weighted by molar-refractivity contribution is 5.95. The molecule has 3 aromatic heterocycles. The minimum absolute atomic E-state index is 0.0667. The van der Waals surface area contributed by atoms with Crippen LogP contribution in [0.5, 0.6) is 0 Å². The molecule has 0 bridgehead atoms. The van der Waals surface area contributed by atoms with Crippen LogP contribution >= 0.6 is 0 Å². The SMILES string of the molecule is CC(=O)NCc1cccc(-c2cc(-c3ccc4cn(Cc5ccccc5)nc4c3)c3c(N)ncnn23)c1. The van der Waals surface area contributed by atoms with E-state index in [1.54, 1.807) is 0 Å². The summed E-state index contributed by atoms with van der Waals surface area (Å²) in [5.74, 6) is 0.336. The van der Waals surface area contributed by atoms with E-state index in [1.165, 1.54) is 18.8 Å². The molecule has 182 valence electrons. The normalized spacial score (nSPS) is 11.3. The molecule has 6 aromatic rings. The zero-order chi connectivity index (χ0) is 25.4. The Hall–Kier alpha value is -4.98. The fourth-order valence-corrected chi connectivity index (χ4v) is 4.65. The van der Waals surface area contributed by atoms with Gasteiger partial charge in [0.1, 0.15) is 11.8 Å². The lowest BCUT2D eigenvalue weighted by molar-refractivity contribution is -0.119. The van der Waals surface area contributed by atoms with E-state index in [0.717, 1.165) is 44.4 Å². The van der Waals surface area contributed by atoms with Crippen molar-refractivity contribution in [2.45, 2.75) is 20.0 Å². The van der Waals surface area contributed by atoms with Crippen molar-refractivity contribution in [2.75, 3.05) is 5.73 Å². The topological polar surface area (TPSA) is 103 Å². The average Bonchev–Trinajstić information content (AvgIpc) is 3.49. The molecule has 0 aliphatic heterocycles. The predicted molar refractivity (Wildman–Crippen MR) is 145 cm³/mol. The molecule has 0 spiro atoms. The van der Waals surface area contributed by atoms with Crippen LogP contribution in [0.15, 0.2) is 91.4 Å². The molecular weight excluding hydrogens is 462 g/mol. The van der Waals surface area contributed by atoms with E-state index in [2.05, 4.69) is 58.0 Å². The van der Waals surface area contributed by atoms with Crippen LogP contribution in [0, 0.1) is 0 Å². The van der Waals surface area contributed by atoms with Gasteiger partial charge in [0.25, 0.3) is 0 Å². The van der Waals surface area contributed by atoms with Gasteiger partial charge < -0.3 is 11.1 Å². The van der Waals surface area contributed by atoms with E-state index < -0.39 is 0 Å². The van der Waals surface area contributed by atoms with Crippen LogP contribution in [0.4, 0.5) is 5.82 Å². The maximum atomic E-state index is 11.4. The first-order valence-electron chi connectivity index (χ1n) is 12.0. The minimum Gasteiger partial charge on any atom is -0.382 e. The summed E-state index contributed by atoms with van der Waals surface area (Å²) in [6, 6.07) is 26.6. The molecule has 0 radical (unpaired) electrons. The van der Waals surface area contributed by atoms with Crippen LogP contribution in [0.25, 0.3) is 38.8 Å². The van der Waals surface area contributed by atoms with Crippen LogP contribution in [0.1, 0.15) is 18.1 Å². The number of nitrogens with zero attached hydrogens (tertiary/aromatic N) is 5. The molecule has 0 atom stereocenters. The molecule has 8 heteroatoms. The second-order valence-corrected chi connectivity index (χ2v) is 9.04. The van der Waals surface area contributed by atoms with Crippen molar-refractivity contribution in [3.63, 3.8) is 0 Å². The highest BCUT2D eigenvalue weighted by atomic mass is 16.1. The molecule has 3 aromatic carbocycles. The van der Waals surface area contributed by atoms with Gasteiger partial charge in [0.2, 0.25) is 5.91 Å². The number of aromatic nitrogens is 5. The Morgan fingerprint density at radius 1 is 0.946 bits per heavy atom. The van der Waals surface area contributed by atoms with Crippen LogP contribution < -0.4 is 11.1 Å².